The van der Waals surface area contributed by atoms with Crippen LogP contribution >= 0.6 is 0 Å². The van der Waals surface area contributed by atoms with Gasteiger partial charge in [-0.05, 0) is 47.2 Å². The average molecular weight is 212 g/mol. The van der Waals surface area contributed by atoms with E-state index in [1.54, 1.807) is 0 Å². The lowest BCUT2D eigenvalue weighted by Gasteiger charge is -2.30. The van der Waals surface area contributed by atoms with Crippen molar-refractivity contribution in [2.45, 2.75) is 13.8 Å². The molecule has 0 aromatic heterocycles. The third kappa shape index (κ3) is 1.36. The van der Waals surface area contributed by atoms with Crippen molar-refractivity contribution in [1.82, 2.24) is 0 Å². The number of hydrogen-bond acceptors (Lipinski definition) is 1. The Hall–Kier alpha value is -1.60. The highest BCUT2D eigenvalue weighted by atomic mass is 16.2. The van der Waals surface area contributed by atoms with Crippen molar-refractivity contribution in [3.63, 3.8) is 0 Å². The Balaban J connectivity index is 0.000000457. The smallest absolute Gasteiger partial charge is 0.0319 e. The van der Waals surface area contributed by atoms with Gasteiger partial charge >= 0.3 is 0 Å². The number of aryl methyl sites for hydroxylation is 1. The van der Waals surface area contributed by atoms with E-state index in [0.29, 0.717) is 0 Å². The number of fused-ring (bicyclic) bond motifs is 1. The highest BCUT2D eigenvalue weighted by molar-refractivity contribution is 6.02. The molecular weight excluding hydrogens is 196 g/mol. The van der Waals surface area contributed by atoms with E-state index in [1.165, 1.54) is 33.4 Å². The lowest BCUT2D eigenvalue weighted by Crippen LogP contribution is -2.06. The summed E-state index contributed by atoms with van der Waals surface area (Å²) in [6, 6.07) is 12.9. The number of rotatable bonds is 1. The summed E-state index contributed by atoms with van der Waals surface area (Å²) in [5, 5.41) is 7.00. The van der Waals surface area contributed by atoms with Gasteiger partial charge in [0.05, 0.1) is 0 Å². The van der Waals surface area contributed by atoms with E-state index in [9.17, 15) is 0 Å². The summed E-state index contributed by atoms with van der Waals surface area (Å²) < 4.78 is 0. The van der Waals surface area contributed by atoms with Gasteiger partial charge in [0.25, 0.3) is 0 Å². The van der Waals surface area contributed by atoms with Crippen LogP contribution in [0.4, 0.5) is 0 Å². The van der Waals surface area contributed by atoms with Crippen molar-refractivity contribution in [3.8, 4) is 22.3 Å². The van der Waals surface area contributed by atoms with Crippen LogP contribution in [0.2, 0.25) is 0 Å². The summed E-state index contributed by atoms with van der Waals surface area (Å²) >= 11 is 0. The van der Waals surface area contributed by atoms with Gasteiger partial charge < -0.3 is 5.11 Å². The van der Waals surface area contributed by atoms with Crippen molar-refractivity contribution in [2.75, 3.05) is 7.11 Å². The van der Waals surface area contributed by atoms with Crippen molar-refractivity contribution >= 4 is 0 Å². The Bertz CT molecular complexity index is 513. The summed E-state index contributed by atoms with van der Waals surface area (Å²) in [7, 11) is 1.00. The van der Waals surface area contributed by atoms with Crippen molar-refractivity contribution in [1.29, 1.82) is 0 Å². The van der Waals surface area contributed by atoms with Crippen LogP contribution in [0.3, 0.4) is 0 Å². The lowest BCUT2D eigenvalue weighted by atomic mass is 9.74. The number of aliphatic hydroxyl groups excluding tert-OH is 1. The van der Waals surface area contributed by atoms with E-state index in [4.69, 9.17) is 5.11 Å². The van der Waals surface area contributed by atoms with Gasteiger partial charge in [-0.25, -0.2) is 0 Å². The predicted octanol–water partition coefficient (Wildman–Crippen LogP) is 3.56. The van der Waals surface area contributed by atoms with E-state index in [0.717, 1.165) is 7.11 Å². The fraction of sp³-hybridized carbons (Fsp3) is 0.200. The standard InChI is InChI=1S/C14H12.CH4O/c1-9-8-12-13(9)10(2)14(12)11-6-4-3-5-7-11;1-2/h3-8H,1-2H3;2H,1H3. The fourth-order valence-electron chi connectivity index (χ4n) is 2.43. The van der Waals surface area contributed by atoms with Gasteiger partial charge in [-0.15, -0.1) is 0 Å². The first-order valence-electron chi connectivity index (χ1n) is 5.44. The summed E-state index contributed by atoms with van der Waals surface area (Å²) in [5.74, 6) is 0. The second-order valence-electron chi connectivity index (χ2n) is 3.98. The molecule has 0 fully saturated rings. The first-order valence-corrected chi connectivity index (χ1v) is 5.44. The number of aliphatic hydroxyl groups is 1. The number of hydrogen-bond donors (Lipinski definition) is 1. The summed E-state index contributed by atoms with van der Waals surface area (Å²) in [6.45, 7) is 4.40. The van der Waals surface area contributed by atoms with Crippen LogP contribution < -0.4 is 0 Å². The van der Waals surface area contributed by atoms with Crippen LogP contribution in [-0.2, 0) is 0 Å². The molecule has 3 rings (SSSR count). The molecule has 0 bridgehead atoms. The van der Waals surface area contributed by atoms with Gasteiger partial charge in [-0.2, -0.15) is 0 Å². The van der Waals surface area contributed by atoms with E-state index in [1.807, 2.05) is 0 Å². The molecule has 0 saturated carbocycles. The van der Waals surface area contributed by atoms with Crippen LogP contribution in [-0.4, -0.2) is 12.2 Å². The second-order valence-corrected chi connectivity index (χ2v) is 3.98. The molecule has 82 valence electrons. The molecule has 0 atom stereocenters. The molecule has 1 aromatic rings. The minimum atomic E-state index is 1.00. The second kappa shape index (κ2) is 4.11. The van der Waals surface area contributed by atoms with Crippen LogP contribution in [0.25, 0.3) is 22.3 Å². The van der Waals surface area contributed by atoms with Gasteiger partial charge in [0.1, 0.15) is 0 Å². The summed E-state index contributed by atoms with van der Waals surface area (Å²) in [4.78, 5) is 0. The molecule has 2 aliphatic carbocycles. The summed E-state index contributed by atoms with van der Waals surface area (Å²) in [6.07, 6.45) is 0. The average Bonchev–Trinajstić information content (AvgIpc) is 2.31. The Labute approximate surface area is 96.4 Å². The monoisotopic (exact) mass is 212 g/mol. The van der Waals surface area contributed by atoms with E-state index >= 15 is 0 Å². The molecule has 1 heteroatoms. The van der Waals surface area contributed by atoms with Gasteiger partial charge in [0.2, 0.25) is 0 Å². The maximum absolute atomic E-state index is 7.00. The van der Waals surface area contributed by atoms with Gasteiger partial charge in [-0.1, -0.05) is 36.4 Å². The molecule has 1 N–H and O–H groups in total. The van der Waals surface area contributed by atoms with Crippen molar-refractivity contribution in [2.24, 2.45) is 0 Å². The zero-order valence-corrected chi connectivity index (χ0v) is 9.91. The lowest BCUT2D eigenvalue weighted by molar-refractivity contribution is 0.399. The zero-order valence-electron chi connectivity index (χ0n) is 9.91. The molecule has 0 unspecified atom stereocenters. The Morgan fingerprint density at radius 3 is 2.00 bits per heavy atom. The largest absolute Gasteiger partial charge is 0.400 e. The van der Waals surface area contributed by atoms with Gasteiger partial charge in [0.15, 0.2) is 0 Å². The molecule has 0 radical (unpaired) electrons. The van der Waals surface area contributed by atoms with E-state index < -0.39 is 0 Å². The highest BCUT2D eigenvalue weighted by Gasteiger charge is 2.26. The van der Waals surface area contributed by atoms with Crippen molar-refractivity contribution in [3.05, 3.63) is 47.5 Å². The van der Waals surface area contributed by atoms with Crippen LogP contribution in [0.5, 0.6) is 0 Å². The summed E-state index contributed by atoms with van der Waals surface area (Å²) in [5.41, 5.74) is 8.68. The molecule has 1 nitrogen and oxygen atoms in total. The minimum absolute atomic E-state index is 1.00. The molecule has 0 aliphatic heterocycles. The molecule has 0 heterocycles. The third-order valence-electron chi connectivity index (χ3n) is 3.11. The minimum Gasteiger partial charge on any atom is -0.400 e. The van der Waals surface area contributed by atoms with E-state index in [-0.39, 0.29) is 0 Å². The Morgan fingerprint density at radius 1 is 0.875 bits per heavy atom. The molecule has 0 spiro atoms. The quantitative estimate of drug-likeness (QED) is 0.654. The molecule has 0 saturated heterocycles. The fourth-order valence-corrected chi connectivity index (χ4v) is 2.43. The van der Waals surface area contributed by atoms with Gasteiger partial charge in [0, 0.05) is 7.11 Å². The molecule has 2 aliphatic rings. The first kappa shape index (κ1) is 10.9. The van der Waals surface area contributed by atoms with Crippen LogP contribution in [0.15, 0.2) is 36.4 Å². The van der Waals surface area contributed by atoms with Crippen molar-refractivity contribution < 1.29 is 5.11 Å². The van der Waals surface area contributed by atoms with Gasteiger partial charge in [-0.3, -0.25) is 0 Å². The molecule has 16 heavy (non-hydrogen) atoms. The number of benzene rings is 2. The maximum atomic E-state index is 7.00. The molecule has 1 aromatic carbocycles. The zero-order chi connectivity index (χ0) is 11.7. The first-order chi connectivity index (χ1) is 7.79. The SMILES string of the molecule is CO.Cc1cc2c(-c3ccccc3)c(C)c1-2. The van der Waals surface area contributed by atoms with E-state index in [2.05, 4.69) is 50.2 Å². The maximum Gasteiger partial charge on any atom is 0.0319 e. The van der Waals surface area contributed by atoms with Crippen LogP contribution in [0, 0.1) is 13.8 Å². The normalized spacial score (nSPS) is 10.5. The Kier molecular flexibility index (Phi) is 2.80. The third-order valence-corrected chi connectivity index (χ3v) is 3.11. The predicted molar refractivity (Wildman–Crippen MR) is 68.5 cm³/mol. The topological polar surface area (TPSA) is 20.2 Å². The highest BCUT2D eigenvalue weighted by Crippen LogP contribution is 2.50. The Morgan fingerprint density at radius 2 is 1.50 bits per heavy atom. The molecular formula is C15H16O. The molecule has 0 amide bonds. The van der Waals surface area contributed by atoms with Crippen LogP contribution in [0.1, 0.15) is 11.1 Å².